The van der Waals surface area contributed by atoms with Gasteiger partial charge in [-0.3, -0.25) is 14.4 Å². The van der Waals surface area contributed by atoms with E-state index in [-0.39, 0.29) is 29.2 Å². The number of ether oxygens (including phenoxy) is 1. The molecule has 1 aliphatic heterocycles. The van der Waals surface area contributed by atoms with Crippen LogP contribution >= 0.6 is 11.8 Å². The molecule has 32 heavy (non-hydrogen) atoms. The van der Waals surface area contributed by atoms with Crippen molar-refractivity contribution in [2.45, 2.75) is 57.9 Å². The van der Waals surface area contributed by atoms with Gasteiger partial charge < -0.3 is 15.0 Å². The molecule has 178 valence electrons. The van der Waals surface area contributed by atoms with E-state index in [0.29, 0.717) is 18.5 Å². The Morgan fingerprint density at radius 1 is 1.22 bits per heavy atom. The molecule has 1 aromatic carbocycles. The van der Waals surface area contributed by atoms with Crippen molar-refractivity contribution in [3.05, 3.63) is 29.8 Å². The van der Waals surface area contributed by atoms with Gasteiger partial charge in [0.15, 0.2) is 16.4 Å². The summed E-state index contributed by atoms with van der Waals surface area (Å²) in [7, 11) is -3.14. The Morgan fingerprint density at radius 2 is 1.88 bits per heavy atom. The van der Waals surface area contributed by atoms with Gasteiger partial charge in [0.05, 0.1) is 17.3 Å². The fourth-order valence-corrected chi connectivity index (χ4v) is 5.82. The van der Waals surface area contributed by atoms with Crippen LogP contribution in [0.4, 0.5) is 5.69 Å². The van der Waals surface area contributed by atoms with Crippen molar-refractivity contribution in [1.29, 1.82) is 0 Å². The van der Waals surface area contributed by atoms with Crippen molar-refractivity contribution in [3.8, 4) is 0 Å². The number of amides is 2. The standard InChI is InChI=1S/C22H32N2O6S2/c1-5-16(3)24(19-10-11-32(28,29)14-19)21(26)12-30-22(27)17(4)31-13-20(25)23-18-8-6-15(2)7-9-18/h6-9,16-17,19H,5,10-14H2,1-4H3,(H,23,25)/t16-,17+,19+/m0/s1. The molecule has 1 heterocycles. The number of hydrogen-bond donors (Lipinski definition) is 1. The monoisotopic (exact) mass is 484 g/mol. The summed E-state index contributed by atoms with van der Waals surface area (Å²) in [6.45, 7) is 6.90. The van der Waals surface area contributed by atoms with E-state index in [0.717, 1.165) is 17.3 Å². The maximum Gasteiger partial charge on any atom is 0.319 e. The molecule has 0 bridgehead atoms. The minimum atomic E-state index is -3.14. The summed E-state index contributed by atoms with van der Waals surface area (Å²) in [5.41, 5.74) is 1.77. The van der Waals surface area contributed by atoms with Gasteiger partial charge in [-0.25, -0.2) is 8.42 Å². The molecule has 0 unspecified atom stereocenters. The number of esters is 1. The van der Waals surface area contributed by atoms with E-state index in [1.54, 1.807) is 24.0 Å². The lowest BCUT2D eigenvalue weighted by Crippen LogP contribution is -2.48. The topological polar surface area (TPSA) is 110 Å². The van der Waals surface area contributed by atoms with Crippen LogP contribution in [0, 0.1) is 6.92 Å². The number of rotatable bonds is 10. The Morgan fingerprint density at radius 3 is 2.44 bits per heavy atom. The molecular weight excluding hydrogens is 452 g/mol. The number of hydrogen-bond acceptors (Lipinski definition) is 7. The van der Waals surface area contributed by atoms with Crippen molar-refractivity contribution >= 4 is 45.1 Å². The summed E-state index contributed by atoms with van der Waals surface area (Å²) in [5.74, 6) is -1.15. The molecule has 2 amide bonds. The van der Waals surface area contributed by atoms with Crippen LogP contribution in [0.1, 0.15) is 39.2 Å². The Bertz CT molecular complexity index is 917. The van der Waals surface area contributed by atoms with Crippen LogP contribution < -0.4 is 5.32 Å². The van der Waals surface area contributed by atoms with Crippen molar-refractivity contribution < 1.29 is 27.5 Å². The molecule has 0 saturated carbocycles. The van der Waals surface area contributed by atoms with Crippen molar-refractivity contribution in [2.75, 3.05) is 29.2 Å². The number of nitrogens with zero attached hydrogens (tertiary/aromatic N) is 1. The van der Waals surface area contributed by atoms with Crippen LogP contribution in [0.2, 0.25) is 0 Å². The van der Waals surface area contributed by atoms with Crippen LogP contribution in [0.5, 0.6) is 0 Å². The van der Waals surface area contributed by atoms with E-state index in [1.165, 1.54) is 0 Å². The minimum absolute atomic E-state index is 0.0562. The van der Waals surface area contributed by atoms with Crippen LogP contribution in [-0.4, -0.2) is 72.3 Å². The van der Waals surface area contributed by atoms with Gasteiger partial charge >= 0.3 is 5.97 Å². The number of benzene rings is 1. The number of anilines is 1. The zero-order chi connectivity index (χ0) is 23.9. The molecule has 0 aromatic heterocycles. The first-order valence-electron chi connectivity index (χ1n) is 10.7. The van der Waals surface area contributed by atoms with Gasteiger partial charge in [-0.05, 0) is 45.7 Å². The molecule has 1 saturated heterocycles. The largest absolute Gasteiger partial charge is 0.455 e. The fourth-order valence-electron chi connectivity index (χ4n) is 3.43. The zero-order valence-corrected chi connectivity index (χ0v) is 20.6. The molecule has 3 atom stereocenters. The summed E-state index contributed by atoms with van der Waals surface area (Å²) in [5, 5.41) is 2.13. The summed E-state index contributed by atoms with van der Waals surface area (Å²) in [6.07, 6.45) is 1.06. The highest BCUT2D eigenvalue weighted by Crippen LogP contribution is 2.22. The van der Waals surface area contributed by atoms with Crippen molar-refractivity contribution in [1.82, 2.24) is 4.90 Å². The van der Waals surface area contributed by atoms with Gasteiger partial charge in [-0.1, -0.05) is 24.6 Å². The van der Waals surface area contributed by atoms with Crippen LogP contribution in [0.3, 0.4) is 0 Å². The third-order valence-electron chi connectivity index (χ3n) is 5.43. The second-order valence-corrected chi connectivity index (χ2v) is 11.6. The van der Waals surface area contributed by atoms with E-state index in [2.05, 4.69) is 5.32 Å². The highest BCUT2D eigenvalue weighted by molar-refractivity contribution is 8.01. The van der Waals surface area contributed by atoms with Gasteiger partial charge in [-0.2, -0.15) is 0 Å². The number of aryl methyl sites for hydroxylation is 1. The minimum Gasteiger partial charge on any atom is -0.455 e. The molecule has 8 nitrogen and oxygen atoms in total. The first-order chi connectivity index (χ1) is 15.0. The smallest absolute Gasteiger partial charge is 0.319 e. The number of nitrogens with one attached hydrogen (secondary N) is 1. The van der Waals surface area contributed by atoms with E-state index >= 15 is 0 Å². The highest BCUT2D eigenvalue weighted by atomic mass is 32.2. The molecule has 1 fully saturated rings. The number of carbonyl (C=O) groups excluding carboxylic acids is 3. The van der Waals surface area contributed by atoms with Gasteiger partial charge in [0, 0.05) is 17.8 Å². The van der Waals surface area contributed by atoms with Crippen LogP contribution in [-0.2, 0) is 29.0 Å². The van der Waals surface area contributed by atoms with E-state index in [4.69, 9.17) is 4.74 Å². The average molecular weight is 485 g/mol. The zero-order valence-electron chi connectivity index (χ0n) is 19.0. The summed E-state index contributed by atoms with van der Waals surface area (Å²) in [6, 6.07) is 6.85. The van der Waals surface area contributed by atoms with Gasteiger partial charge in [0.1, 0.15) is 5.25 Å². The van der Waals surface area contributed by atoms with E-state index in [1.807, 2.05) is 32.9 Å². The summed E-state index contributed by atoms with van der Waals surface area (Å²) < 4.78 is 28.8. The highest BCUT2D eigenvalue weighted by Gasteiger charge is 2.36. The maximum atomic E-state index is 12.7. The average Bonchev–Trinajstić information content (AvgIpc) is 3.10. The Balaban J connectivity index is 1.82. The van der Waals surface area contributed by atoms with Gasteiger partial charge in [0.2, 0.25) is 5.91 Å². The predicted octanol–water partition coefficient (Wildman–Crippen LogP) is 2.41. The molecule has 0 aliphatic carbocycles. The molecule has 1 aromatic rings. The quantitative estimate of drug-likeness (QED) is 0.508. The number of thioether (sulfide) groups is 1. The molecule has 10 heteroatoms. The number of sulfone groups is 1. The third kappa shape index (κ3) is 7.81. The lowest BCUT2D eigenvalue weighted by Gasteiger charge is -2.33. The van der Waals surface area contributed by atoms with Gasteiger partial charge in [-0.15, -0.1) is 11.8 Å². The van der Waals surface area contributed by atoms with Gasteiger partial charge in [0.25, 0.3) is 5.91 Å². The normalized spacial score (nSPS) is 19.1. The first kappa shape index (κ1) is 26.2. The molecular formula is C22H32N2O6S2. The van der Waals surface area contributed by atoms with Crippen molar-refractivity contribution in [3.63, 3.8) is 0 Å². The maximum absolute atomic E-state index is 12.7. The second-order valence-electron chi connectivity index (χ2n) is 8.09. The summed E-state index contributed by atoms with van der Waals surface area (Å²) in [4.78, 5) is 38.7. The Kier molecular flexibility index (Phi) is 9.57. The Labute approximate surface area is 194 Å². The number of carbonyl (C=O) groups is 3. The SMILES string of the molecule is CC[C@H](C)N(C(=O)COC(=O)[C@@H](C)SCC(=O)Nc1ccc(C)cc1)[C@@H]1CCS(=O)(=O)C1. The fraction of sp³-hybridized carbons (Fsp3) is 0.591. The molecule has 1 aliphatic rings. The summed E-state index contributed by atoms with van der Waals surface area (Å²) >= 11 is 1.12. The van der Waals surface area contributed by atoms with Crippen LogP contribution in [0.15, 0.2) is 24.3 Å². The predicted molar refractivity (Wildman–Crippen MR) is 126 cm³/mol. The molecule has 0 spiro atoms. The van der Waals surface area contributed by atoms with E-state index in [9.17, 15) is 22.8 Å². The van der Waals surface area contributed by atoms with E-state index < -0.39 is 39.6 Å². The second kappa shape index (κ2) is 11.7. The lowest BCUT2D eigenvalue weighted by molar-refractivity contribution is -0.153. The van der Waals surface area contributed by atoms with Crippen molar-refractivity contribution in [2.24, 2.45) is 0 Å². The lowest BCUT2D eigenvalue weighted by atomic mass is 10.1. The molecule has 1 N–H and O–H groups in total. The third-order valence-corrected chi connectivity index (χ3v) is 8.30. The molecule has 0 radical (unpaired) electrons. The Hall–Kier alpha value is -2.07. The van der Waals surface area contributed by atoms with Crippen LogP contribution in [0.25, 0.3) is 0 Å². The first-order valence-corrected chi connectivity index (χ1v) is 13.6. The molecule has 2 rings (SSSR count).